The second-order valence-electron chi connectivity index (χ2n) is 5.36. The fourth-order valence-electron chi connectivity index (χ4n) is 2.71. The van der Waals surface area contributed by atoms with Gasteiger partial charge in [-0.1, -0.05) is 12.1 Å². The Balaban J connectivity index is 1.83. The molecule has 0 saturated heterocycles. The summed E-state index contributed by atoms with van der Waals surface area (Å²) in [6, 6.07) is 9.36. The molecule has 3 rings (SSSR count). The summed E-state index contributed by atoms with van der Waals surface area (Å²) in [6.07, 6.45) is 1.87. The molecule has 5 nitrogen and oxygen atoms in total. The predicted molar refractivity (Wildman–Crippen MR) is 91.3 cm³/mol. The maximum absolute atomic E-state index is 12.2. The summed E-state index contributed by atoms with van der Waals surface area (Å²) in [6.45, 7) is 0.739. The van der Waals surface area contributed by atoms with E-state index < -0.39 is 0 Å². The molecular formula is C17H18N2O3S. The van der Waals surface area contributed by atoms with E-state index in [0.29, 0.717) is 17.1 Å². The maximum atomic E-state index is 12.2. The fraction of sp³-hybridized carbons (Fsp3) is 0.294. The molecule has 23 heavy (non-hydrogen) atoms. The van der Waals surface area contributed by atoms with Gasteiger partial charge in [-0.2, -0.15) is 0 Å². The lowest BCUT2D eigenvalue weighted by Crippen LogP contribution is -2.37. The molecule has 0 saturated carbocycles. The molecule has 0 unspecified atom stereocenters. The van der Waals surface area contributed by atoms with E-state index in [1.165, 1.54) is 18.4 Å². The SMILES string of the molecule is COCC(=O)N1CCCc2ccc(NC(=O)c3cccs3)cc21. The zero-order valence-electron chi connectivity index (χ0n) is 12.9. The Hall–Kier alpha value is -2.18. The molecule has 2 aromatic rings. The molecule has 1 aromatic heterocycles. The molecule has 2 heterocycles. The lowest BCUT2D eigenvalue weighted by Gasteiger charge is -2.29. The number of thiophene rings is 1. The Labute approximate surface area is 138 Å². The van der Waals surface area contributed by atoms with Crippen LogP contribution in [0.5, 0.6) is 0 Å². The molecule has 0 spiro atoms. The Bertz CT molecular complexity index is 713. The van der Waals surface area contributed by atoms with E-state index in [4.69, 9.17) is 4.74 Å². The summed E-state index contributed by atoms with van der Waals surface area (Å²) in [5.74, 6) is -0.194. The molecular weight excluding hydrogens is 312 g/mol. The van der Waals surface area contributed by atoms with Gasteiger partial charge in [-0.15, -0.1) is 11.3 Å². The van der Waals surface area contributed by atoms with Gasteiger partial charge in [0.1, 0.15) is 6.61 Å². The zero-order chi connectivity index (χ0) is 16.2. The van der Waals surface area contributed by atoms with Crippen LogP contribution >= 0.6 is 11.3 Å². The van der Waals surface area contributed by atoms with E-state index in [1.807, 2.05) is 29.6 Å². The summed E-state index contributed by atoms with van der Waals surface area (Å²) < 4.78 is 4.96. The highest BCUT2D eigenvalue weighted by atomic mass is 32.1. The first-order chi connectivity index (χ1) is 11.2. The van der Waals surface area contributed by atoms with E-state index in [9.17, 15) is 9.59 Å². The topological polar surface area (TPSA) is 58.6 Å². The van der Waals surface area contributed by atoms with Gasteiger partial charge in [0.2, 0.25) is 0 Å². The van der Waals surface area contributed by atoms with Crippen molar-refractivity contribution in [3.63, 3.8) is 0 Å². The van der Waals surface area contributed by atoms with Gasteiger partial charge in [0.05, 0.1) is 4.88 Å². The Morgan fingerprint density at radius 1 is 1.35 bits per heavy atom. The van der Waals surface area contributed by atoms with Gasteiger partial charge in [-0.3, -0.25) is 9.59 Å². The third kappa shape index (κ3) is 3.43. The van der Waals surface area contributed by atoms with Crippen LogP contribution in [0.25, 0.3) is 0 Å². The first-order valence-electron chi connectivity index (χ1n) is 7.46. The highest BCUT2D eigenvalue weighted by molar-refractivity contribution is 7.12. The van der Waals surface area contributed by atoms with Crippen LogP contribution in [-0.2, 0) is 16.0 Å². The number of nitrogens with one attached hydrogen (secondary N) is 1. The minimum atomic E-state index is -0.134. The van der Waals surface area contributed by atoms with Crippen molar-refractivity contribution < 1.29 is 14.3 Å². The fourth-order valence-corrected chi connectivity index (χ4v) is 3.33. The van der Waals surface area contributed by atoms with Gasteiger partial charge < -0.3 is 15.0 Å². The minimum absolute atomic E-state index is 0.0600. The van der Waals surface area contributed by atoms with Gasteiger partial charge >= 0.3 is 0 Å². The third-order valence-electron chi connectivity index (χ3n) is 3.78. The lowest BCUT2D eigenvalue weighted by molar-refractivity contribution is -0.122. The van der Waals surface area contributed by atoms with Crippen LogP contribution in [0.4, 0.5) is 11.4 Å². The van der Waals surface area contributed by atoms with Crippen LogP contribution in [0.2, 0.25) is 0 Å². The van der Waals surface area contributed by atoms with Crippen molar-refractivity contribution in [3.8, 4) is 0 Å². The molecule has 120 valence electrons. The predicted octanol–water partition coefficient (Wildman–Crippen LogP) is 2.93. The van der Waals surface area contributed by atoms with Gasteiger partial charge in [0, 0.05) is 25.0 Å². The monoisotopic (exact) mass is 330 g/mol. The number of methoxy groups -OCH3 is 1. The summed E-state index contributed by atoms with van der Waals surface area (Å²) >= 11 is 1.40. The highest BCUT2D eigenvalue weighted by Gasteiger charge is 2.23. The molecule has 0 aliphatic carbocycles. The number of fused-ring (bicyclic) bond motifs is 1. The van der Waals surface area contributed by atoms with Crippen LogP contribution in [0.1, 0.15) is 21.7 Å². The Kier molecular flexibility index (Phi) is 4.73. The molecule has 0 fully saturated rings. The largest absolute Gasteiger partial charge is 0.375 e. The van der Waals surface area contributed by atoms with Crippen LogP contribution in [0, 0.1) is 0 Å². The van der Waals surface area contributed by atoms with Crippen molar-refractivity contribution in [3.05, 3.63) is 46.2 Å². The number of rotatable bonds is 4. The molecule has 2 amide bonds. The van der Waals surface area contributed by atoms with Crippen LogP contribution in [0.3, 0.4) is 0 Å². The minimum Gasteiger partial charge on any atom is -0.375 e. The summed E-state index contributed by atoms with van der Waals surface area (Å²) in [7, 11) is 1.51. The molecule has 1 N–H and O–H groups in total. The highest BCUT2D eigenvalue weighted by Crippen LogP contribution is 2.30. The van der Waals surface area contributed by atoms with E-state index in [1.54, 1.807) is 11.0 Å². The van der Waals surface area contributed by atoms with E-state index in [-0.39, 0.29) is 18.4 Å². The summed E-state index contributed by atoms with van der Waals surface area (Å²) in [5, 5.41) is 4.76. The number of nitrogens with zero attached hydrogens (tertiary/aromatic N) is 1. The quantitative estimate of drug-likeness (QED) is 0.938. The summed E-state index contributed by atoms with van der Waals surface area (Å²) in [4.78, 5) is 26.8. The molecule has 0 radical (unpaired) electrons. The standard InChI is InChI=1S/C17H18N2O3S/c1-22-11-16(20)19-8-2-4-12-6-7-13(10-14(12)19)18-17(21)15-5-3-9-23-15/h3,5-7,9-10H,2,4,8,11H2,1H3,(H,18,21). The smallest absolute Gasteiger partial charge is 0.265 e. The number of ether oxygens (including phenoxy) is 1. The first kappa shape index (κ1) is 15.7. The average molecular weight is 330 g/mol. The van der Waals surface area contributed by atoms with Gasteiger partial charge in [-0.25, -0.2) is 0 Å². The average Bonchev–Trinajstić information content (AvgIpc) is 3.09. The van der Waals surface area contributed by atoms with Crippen molar-refractivity contribution in [1.29, 1.82) is 0 Å². The van der Waals surface area contributed by atoms with E-state index in [2.05, 4.69) is 5.32 Å². The van der Waals surface area contributed by atoms with E-state index >= 15 is 0 Å². The second-order valence-corrected chi connectivity index (χ2v) is 6.30. The van der Waals surface area contributed by atoms with E-state index in [0.717, 1.165) is 24.1 Å². The van der Waals surface area contributed by atoms with Crippen LogP contribution in [-0.4, -0.2) is 32.1 Å². The first-order valence-corrected chi connectivity index (χ1v) is 8.34. The van der Waals surface area contributed by atoms with Crippen molar-refractivity contribution in [2.75, 3.05) is 30.5 Å². The molecule has 0 atom stereocenters. The molecule has 6 heteroatoms. The van der Waals surface area contributed by atoms with Gasteiger partial charge in [0.15, 0.2) is 0 Å². The summed E-state index contributed by atoms with van der Waals surface area (Å²) in [5.41, 5.74) is 2.68. The van der Waals surface area contributed by atoms with Gasteiger partial charge in [0.25, 0.3) is 11.8 Å². The molecule has 1 aliphatic rings. The van der Waals surface area contributed by atoms with Crippen molar-refractivity contribution >= 4 is 34.5 Å². The molecule has 1 aromatic carbocycles. The van der Waals surface area contributed by atoms with Crippen LogP contribution < -0.4 is 10.2 Å². The Morgan fingerprint density at radius 2 is 2.22 bits per heavy atom. The number of hydrogen-bond acceptors (Lipinski definition) is 4. The normalized spacial score (nSPS) is 13.5. The molecule has 0 bridgehead atoms. The molecule has 1 aliphatic heterocycles. The van der Waals surface area contributed by atoms with Crippen molar-refractivity contribution in [2.24, 2.45) is 0 Å². The number of hydrogen-bond donors (Lipinski definition) is 1. The number of benzene rings is 1. The number of aryl methyl sites for hydroxylation is 1. The third-order valence-corrected chi connectivity index (χ3v) is 4.64. The second kappa shape index (κ2) is 6.93. The van der Waals surface area contributed by atoms with Crippen LogP contribution in [0.15, 0.2) is 35.7 Å². The number of carbonyl (C=O) groups excluding carboxylic acids is 2. The number of carbonyl (C=O) groups is 2. The number of amides is 2. The van der Waals surface area contributed by atoms with Crippen molar-refractivity contribution in [1.82, 2.24) is 0 Å². The van der Waals surface area contributed by atoms with Gasteiger partial charge in [-0.05, 0) is 42.0 Å². The maximum Gasteiger partial charge on any atom is 0.265 e. The zero-order valence-corrected chi connectivity index (χ0v) is 13.7. The number of anilines is 2. The van der Waals surface area contributed by atoms with Crippen molar-refractivity contribution in [2.45, 2.75) is 12.8 Å². The lowest BCUT2D eigenvalue weighted by atomic mass is 10.0. The Morgan fingerprint density at radius 3 is 2.96 bits per heavy atom.